The molecule has 1 N–H and O–H groups in total. The maximum atomic E-state index is 12.0. The highest BCUT2D eigenvalue weighted by Gasteiger charge is 2.29. The van der Waals surface area contributed by atoms with E-state index >= 15 is 0 Å². The maximum Gasteiger partial charge on any atom is 0.408 e. The van der Waals surface area contributed by atoms with E-state index in [1.807, 2.05) is 0 Å². The van der Waals surface area contributed by atoms with Gasteiger partial charge in [-0.2, -0.15) is 0 Å². The van der Waals surface area contributed by atoms with Gasteiger partial charge in [-0.25, -0.2) is 9.59 Å². The highest BCUT2D eigenvalue weighted by atomic mass is 16.6. The molecule has 1 amide bonds. The number of alkyl carbamates (subject to hydrolysis) is 1. The van der Waals surface area contributed by atoms with Crippen LogP contribution in [-0.2, 0) is 19.1 Å². The highest BCUT2D eigenvalue weighted by molar-refractivity contribution is 5.88. The van der Waals surface area contributed by atoms with Gasteiger partial charge in [0, 0.05) is 6.42 Å². The molecule has 0 heterocycles. The van der Waals surface area contributed by atoms with Crippen molar-refractivity contribution in [1.82, 2.24) is 5.32 Å². The maximum absolute atomic E-state index is 12.0. The third-order valence-corrected chi connectivity index (χ3v) is 1.87. The van der Waals surface area contributed by atoms with E-state index in [-0.39, 0.29) is 12.2 Å². The predicted molar refractivity (Wildman–Crippen MR) is 74.3 cm³/mol. The van der Waals surface area contributed by atoms with Crippen LogP contribution in [0.5, 0.6) is 0 Å². The van der Waals surface area contributed by atoms with Gasteiger partial charge in [0.25, 0.3) is 0 Å². The lowest BCUT2D eigenvalue weighted by atomic mass is 10.1. The van der Waals surface area contributed by atoms with E-state index in [1.165, 1.54) is 6.92 Å². The zero-order valence-corrected chi connectivity index (χ0v) is 13.3. The number of Topliss-reactive ketones (excluding diaryl/α,β-unsaturated/α-hetero) is 1. The van der Waals surface area contributed by atoms with Crippen LogP contribution in [-0.4, -0.2) is 35.1 Å². The molecule has 0 radical (unpaired) electrons. The second kappa shape index (κ2) is 6.72. The molecule has 0 aromatic rings. The first-order valence-corrected chi connectivity index (χ1v) is 6.52. The number of carbonyl (C=O) groups is 3. The Morgan fingerprint density at radius 1 is 0.950 bits per heavy atom. The van der Waals surface area contributed by atoms with Crippen molar-refractivity contribution in [3.05, 3.63) is 0 Å². The lowest BCUT2D eigenvalue weighted by molar-refractivity contribution is -0.158. The van der Waals surface area contributed by atoms with E-state index in [1.54, 1.807) is 41.5 Å². The molecule has 0 aliphatic heterocycles. The summed E-state index contributed by atoms with van der Waals surface area (Å²) < 4.78 is 10.2. The van der Waals surface area contributed by atoms with Crippen molar-refractivity contribution < 1.29 is 23.9 Å². The molecule has 0 aliphatic rings. The van der Waals surface area contributed by atoms with E-state index in [0.29, 0.717) is 0 Å². The standard InChI is InChI=1S/C14H25NO5/c1-9(16)8-10(11(17)19-13(2,3)4)15-12(18)20-14(5,6)7/h10H,8H2,1-7H3,(H,15,18)/t10-/m0/s1. The quantitative estimate of drug-likeness (QED) is 0.802. The van der Waals surface area contributed by atoms with Crippen molar-refractivity contribution in [3.63, 3.8) is 0 Å². The minimum absolute atomic E-state index is 0.131. The Morgan fingerprint density at radius 3 is 1.75 bits per heavy atom. The van der Waals surface area contributed by atoms with Crippen LogP contribution in [0.25, 0.3) is 0 Å². The van der Waals surface area contributed by atoms with Crippen LogP contribution in [0.2, 0.25) is 0 Å². The van der Waals surface area contributed by atoms with Gasteiger partial charge in [-0.3, -0.25) is 4.79 Å². The van der Waals surface area contributed by atoms with Crippen molar-refractivity contribution in [2.75, 3.05) is 0 Å². The summed E-state index contributed by atoms with van der Waals surface area (Å²) in [6.07, 6.45) is -0.886. The summed E-state index contributed by atoms with van der Waals surface area (Å²) in [5.41, 5.74) is -1.37. The van der Waals surface area contributed by atoms with Gasteiger partial charge < -0.3 is 14.8 Å². The van der Waals surface area contributed by atoms with E-state index < -0.39 is 29.3 Å². The van der Waals surface area contributed by atoms with Crippen molar-refractivity contribution in [2.24, 2.45) is 0 Å². The summed E-state index contributed by atoms with van der Waals surface area (Å²) in [5.74, 6) is -0.879. The van der Waals surface area contributed by atoms with Crippen molar-refractivity contribution in [3.8, 4) is 0 Å². The van der Waals surface area contributed by atoms with Gasteiger partial charge in [0.05, 0.1) is 0 Å². The topological polar surface area (TPSA) is 81.7 Å². The fraction of sp³-hybridized carbons (Fsp3) is 0.786. The molecule has 0 saturated heterocycles. The Balaban J connectivity index is 4.77. The minimum Gasteiger partial charge on any atom is -0.458 e. The van der Waals surface area contributed by atoms with Gasteiger partial charge in [-0.05, 0) is 48.5 Å². The second-order valence-electron chi connectivity index (χ2n) is 6.64. The van der Waals surface area contributed by atoms with E-state index in [0.717, 1.165) is 0 Å². The SMILES string of the molecule is CC(=O)C[C@H](NC(=O)OC(C)(C)C)C(=O)OC(C)(C)C. The van der Waals surface area contributed by atoms with Crippen molar-refractivity contribution >= 4 is 17.8 Å². The van der Waals surface area contributed by atoms with Crippen LogP contribution >= 0.6 is 0 Å². The average molecular weight is 287 g/mol. The van der Waals surface area contributed by atoms with Gasteiger partial charge in [0.2, 0.25) is 0 Å². The summed E-state index contributed by atoms with van der Waals surface area (Å²) in [5, 5.41) is 2.37. The van der Waals surface area contributed by atoms with Crippen LogP contribution in [0.1, 0.15) is 54.9 Å². The molecular weight excluding hydrogens is 262 g/mol. The predicted octanol–water partition coefficient (Wildman–Crippen LogP) is 2.20. The van der Waals surface area contributed by atoms with Crippen LogP contribution in [0.3, 0.4) is 0 Å². The normalized spacial score (nSPS) is 13.3. The molecule has 0 aliphatic carbocycles. The number of hydrogen-bond donors (Lipinski definition) is 1. The molecule has 1 atom stereocenters. The zero-order valence-electron chi connectivity index (χ0n) is 13.3. The second-order valence-corrected chi connectivity index (χ2v) is 6.64. The molecule has 0 spiro atoms. The Labute approximate surface area is 120 Å². The molecule has 0 aromatic heterocycles. The van der Waals surface area contributed by atoms with Crippen LogP contribution < -0.4 is 5.32 Å². The molecule has 0 fully saturated rings. The molecule has 0 saturated carbocycles. The smallest absolute Gasteiger partial charge is 0.408 e. The zero-order chi connectivity index (χ0) is 16.1. The van der Waals surface area contributed by atoms with Gasteiger partial charge in [0.1, 0.15) is 23.0 Å². The first kappa shape index (κ1) is 18.4. The Hall–Kier alpha value is -1.59. The van der Waals surface area contributed by atoms with E-state index in [9.17, 15) is 14.4 Å². The molecule has 0 rings (SSSR count). The molecular formula is C14H25NO5. The molecule has 116 valence electrons. The summed E-state index contributed by atoms with van der Waals surface area (Å²) in [7, 11) is 0. The monoisotopic (exact) mass is 287 g/mol. The van der Waals surface area contributed by atoms with Crippen molar-refractivity contribution in [1.29, 1.82) is 0 Å². The number of ketones is 1. The van der Waals surface area contributed by atoms with Gasteiger partial charge in [-0.1, -0.05) is 0 Å². The molecule has 6 heteroatoms. The molecule has 0 aromatic carbocycles. The Kier molecular flexibility index (Phi) is 6.19. The molecule has 20 heavy (non-hydrogen) atoms. The number of rotatable bonds is 4. The highest BCUT2D eigenvalue weighted by Crippen LogP contribution is 2.11. The first-order valence-electron chi connectivity index (χ1n) is 6.52. The van der Waals surface area contributed by atoms with Crippen LogP contribution in [0.15, 0.2) is 0 Å². The van der Waals surface area contributed by atoms with Gasteiger partial charge in [-0.15, -0.1) is 0 Å². The number of hydrogen-bond acceptors (Lipinski definition) is 5. The largest absolute Gasteiger partial charge is 0.458 e. The fourth-order valence-electron chi connectivity index (χ4n) is 1.30. The third-order valence-electron chi connectivity index (χ3n) is 1.87. The first-order chi connectivity index (χ1) is 8.80. The number of esters is 1. The molecule has 6 nitrogen and oxygen atoms in total. The Bertz CT molecular complexity index is 376. The average Bonchev–Trinajstić information content (AvgIpc) is 2.09. The van der Waals surface area contributed by atoms with Crippen LogP contribution in [0.4, 0.5) is 4.79 Å². The number of nitrogens with one attached hydrogen (secondary N) is 1. The summed E-state index contributed by atoms with van der Waals surface area (Å²) in [4.78, 5) is 34.8. The van der Waals surface area contributed by atoms with E-state index in [4.69, 9.17) is 9.47 Å². The summed E-state index contributed by atoms with van der Waals surface area (Å²) in [6, 6.07) is -1.04. The fourth-order valence-corrected chi connectivity index (χ4v) is 1.30. The van der Waals surface area contributed by atoms with Gasteiger partial charge in [0.15, 0.2) is 0 Å². The number of carbonyl (C=O) groups excluding carboxylic acids is 3. The summed E-state index contributed by atoms with van der Waals surface area (Å²) >= 11 is 0. The third kappa shape index (κ3) is 9.35. The van der Waals surface area contributed by atoms with Crippen LogP contribution in [0, 0.1) is 0 Å². The van der Waals surface area contributed by atoms with Gasteiger partial charge >= 0.3 is 12.1 Å². The lowest BCUT2D eigenvalue weighted by Crippen LogP contribution is -2.46. The summed E-state index contributed by atoms with van der Waals surface area (Å²) in [6.45, 7) is 11.6. The number of ether oxygens (including phenoxy) is 2. The van der Waals surface area contributed by atoms with E-state index in [2.05, 4.69) is 5.32 Å². The molecule has 0 bridgehead atoms. The lowest BCUT2D eigenvalue weighted by Gasteiger charge is -2.25. The van der Waals surface area contributed by atoms with Crippen molar-refractivity contribution in [2.45, 2.75) is 72.1 Å². The number of amides is 1. The Morgan fingerprint density at radius 2 is 1.40 bits per heavy atom. The minimum atomic E-state index is -1.04. The molecule has 0 unspecified atom stereocenters.